The molecule has 1 heterocycles. The highest BCUT2D eigenvalue weighted by molar-refractivity contribution is 5.72. The van der Waals surface area contributed by atoms with E-state index in [0.717, 1.165) is 19.4 Å². The molecule has 1 rings (SSSR count). The molecule has 0 spiro atoms. The molecule has 0 aliphatic carbocycles. The lowest BCUT2D eigenvalue weighted by Gasteiger charge is -2.16. The Morgan fingerprint density at radius 3 is 3.00 bits per heavy atom. The predicted octanol–water partition coefficient (Wildman–Crippen LogP) is 1.36. The molecular weight excluding hydrogens is 156 g/mol. The van der Waals surface area contributed by atoms with Crippen LogP contribution in [0, 0.1) is 5.92 Å². The number of hydrogen-bond donors (Lipinski definition) is 0. The fourth-order valence-electron chi connectivity index (χ4n) is 1.42. The predicted molar refractivity (Wildman–Crippen MR) is 44.8 cm³/mol. The van der Waals surface area contributed by atoms with E-state index in [1.165, 1.54) is 0 Å². The summed E-state index contributed by atoms with van der Waals surface area (Å²) in [6, 6.07) is 0. The van der Waals surface area contributed by atoms with Crippen molar-refractivity contribution >= 4 is 5.97 Å². The van der Waals surface area contributed by atoms with E-state index in [-0.39, 0.29) is 18.0 Å². The number of rotatable bonds is 3. The topological polar surface area (TPSA) is 35.5 Å². The SMILES string of the molecule is CCOC(=O)[C@H](C)[C@H]1CCCO1. The smallest absolute Gasteiger partial charge is 0.311 e. The monoisotopic (exact) mass is 172 g/mol. The van der Waals surface area contributed by atoms with Crippen LogP contribution in [0.3, 0.4) is 0 Å². The summed E-state index contributed by atoms with van der Waals surface area (Å²) in [7, 11) is 0. The molecule has 1 fully saturated rings. The molecule has 0 amide bonds. The molecule has 0 bridgehead atoms. The first-order valence-electron chi connectivity index (χ1n) is 4.54. The molecule has 1 aliphatic rings. The van der Waals surface area contributed by atoms with Gasteiger partial charge in [-0.25, -0.2) is 0 Å². The molecule has 0 aromatic rings. The lowest BCUT2D eigenvalue weighted by atomic mass is 10.0. The Kier molecular flexibility index (Phi) is 3.53. The van der Waals surface area contributed by atoms with E-state index < -0.39 is 0 Å². The normalized spacial score (nSPS) is 25.3. The fraction of sp³-hybridized carbons (Fsp3) is 0.889. The summed E-state index contributed by atoms with van der Waals surface area (Å²) in [5.74, 6) is -0.239. The van der Waals surface area contributed by atoms with Crippen LogP contribution in [0.4, 0.5) is 0 Å². The van der Waals surface area contributed by atoms with Crippen LogP contribution < -0.4 is 0 Å². The maximum absolute atomic E-state index is 11.2. The molecule has 12 heavy (non-hydrogen) atoms. The van der Waals surface area contributed by atoms with Crippen molar-refractivity contribution in [2.75, 3.05) is 13.2 Å². The van der Waals surface area contributed by atoms with Crippen LogP contribution in [-0.4, -0.2) is 25.3 Å². The van der Waals surface area contributed by atoms with Gasteiger partial charge < -0.3 is 9.47 Å². The number of carbonyl (C=O) groups excluding carboxylic acids is 1. The Morgan fingerprint density at radius 2 is 2.50 bits per heavy atom. The summed E-state index contributed by atoms with van der Waals surface area (Å²) in [5, 5.41) is 0. The van der Waals surface area contributed by atoms with Gasteiger partial charge in [-0.05, 0) is 26.7 Å². The maximum atomic E-state index is 11.2. The highest BCUT2D eigenvalue weighted by atomic mass is 16.5. The Labute approximate surface area is 73.0 Å². The quantitative estimate of drug-likeness (QED) is 0.603. The zero-order valence-corrected chi connectivity index (χ0v) is 7.71. The van der Waals surface area contributed by atoms with E-state index in [9.17, 15) is 4.79 Å². The second kappa shape index (κ2) is 4.45. The lowest BCUT2D eigenvalue weighted by Crippen LogP contribution is -2.26. The van der Waals surface area contributed by atoms with Crippen molar-refractivity contribution in [1.29, 1.82) is 0 Å². The van der Waals surface area contributed by atoms with Crippen LogP contribution in [0.1, 0.15) is 26.7 Å². The van der Waals surface area contributed by atoms with Gasteiger partial charge >= 0.3 is 5.97 Å². The second-order valence-electron chi connectivity index (χ2n) is 3.09. The Hall–Kier alpha value is -0.570. The molecule has 0 radical (unpaired) electrons. The zero-order valence-electron chi connectivity index (χ0n) is 7.71. The van der Waals surface area contributed by atoms with Crippen molar-refractivity contribution in [2.24, 2.45) is 5.92 Å². The average Bonchev–Trinajstić information content (AvgIpc) is 2.55. The second-order valence-corrected chi connectivity index (χ2v) is 3.09. The van der Waals surface area contributed by atoms with Gasteiger partial charge in [-0.3, -0.25) is 4.79 Å². The van der Waals surface area contributed by atoms with Crippen molar-refractivity contribution in [1.82, 2.24) is 0 Å². The van der Waals surface area contributed by atoms with Crippen LogP contribution in [0.15, 0.2) is 0 Å². The van der Waals surface area contributed by atoms with E-state index in [1.807, 2.05) is 13.8 Å². The van der Waals surface area contributed by atoms with E-state index in [1.54, 1.807) is 0 Å². The largest absolute Gasteiger partial charge is 0.466 e. The van der Waals surface area contributed by atoms with Crippen molar-refractivity contribution in [3.05, 3.63) is 0 Å². The van der Waals surface area contributed by atoms with Gasteiger partial charge in [-0.15, -0.1) is 0 Å². The van der Waals surface area contributed by atoms with Crippen LogP contribution in [0.25, 0.3) is 0 Å². The number of ether oxygens (including phenoxy) is 2. The van der Waals surface area contributed by atoms with Gasteiger partial charge in [-0.2, -0.15) is 0 Å². The summed E-state index contributed by atoms with van der Waals surface area (Å²) in [5.41, 5.74) is 0. The summed E-state index contributed by atoms with van der Waals surface area (Å²) >= 11 is 0. The summed E-state index contributed by atoms with van der Waals surface area (Å²) < 4.78 is 10.3. The van der Waals surface area contributed by atoms with Crippen LogP contribution in [0.5, 0.6) is 0 Å². The van der Waals surface area contributed by atoms with E-state index >= 15 is 0 Å². The standard InChI is InChI=1S/C9H16O3/c1-3-11-9(10)7(2)8-5-4-6-12-8/h7-8H,3-6H2,1-2H3/t7-,8-/m1/s1. The number of hydrogen-bond acceptors (Lipinski definition) is 3. The molecule has 3 nitrogen and oxygen atoms in total. The third-order valence-corrected chi connectivity index (χ3v) is 2.18. The van der Waals surface area contributed by atoms with Gasteiger partial charge in [0.05, 0.1) is 18.6 Å². The third kappa shape index (κ3) is 2.21. The van der Waals surface area contributed by atoms with Crippen LogP contribution in [0.2, 0.25) is 0 Å². The third-order valence-electron chi connectivity index (χ3n) is 2.18. The Morgan fingerprint density at radius 1 is 1.75 bits per heavy atom. The maximum Gasteiger partial charge on any atom is 0.311 e. The van der Waals surface area contributed by atoms with Crippen molar-refractivity contribution in [2.45, 2.75) is 32.8 Å². The molecule has 0 aromatic heterocycles. The highest BCUT2D eigenvalue weighted by Crippen LogP contribution is 2.20. The minimum Gasteiger partial charge on any atom is -0.466 e. The Balaban J connectivity index is 2.34. The van der Waals surface area contributed by atoms with Gasteiger partial charge in [0.1, 0.15) is 0 Å². The van der Waals surface area contributed by atoms with E-state index in [0.29, 0.717) is 6.61 Å². The molecular formula is C9H16O3. The van der Waals surface area contributed by atoms with Gasteiger partial charge in [0.2, 0.25) is 0 Å². The average molecular weight is 172 g/mol. The molecule has 0 N–H and O–H groups in total. The minimum atomic E-state index is -0.135. The molecule has 0 aromatic carbocycles. The molecule has 0 unspecified atom stereocenters. The van der Waals surface area contributed by atoms with Gasteiger partial charge in [0.15, 0.2) is 0 Å². The molecule has 1 aliphatic heterocycles. The first-order valence-corrected chi connectivity index (χ1v) is 4.54. The number of esters is 1. The molecule has 3 heteroatoms. The van der Waals surface area contributed by atoms with Crippen LogP contribution in [-0.2, 0) is 14.3 Å². The fourth-order valence-corrected chi connectivity index (χ4v) is 1.42. The first-order chi connectivity index (χ1) is 5.75. The Bertz CT molecular complexity index is 150. The zero-order chi connectivity index (χ0) is 8.97. The van der Waals surface area contributed by atoms with Gasteiger partial charge in [0.25, 0.3) is 0 Å². The van der Waals surface area contributed by atoms with Crippen molar-refractivity contribution < 1.29 is 14.3 Å². The first kappa shape index (κ1) is 9.52. The van der Waals surface area contributed by atoms with E-state index in [4.69, 9.17) is 9.47 Å². The molecule has 1 saturated heterocycles. The van der Waals surface area contributed by atoms with Crippen molar-refractivity contribution in [3.8, 4) is 0 Å². The minimum absolute atomic E-state index is 0.0871. The van der Waals surface area contributed by atoms with Crippen LogP contribution >= 0.6 is 0 Å². The molecule has 2 atom stereocenters. The molecule has 70 valence electrons. The summed E-state index contributed by atoms with van der Waals surface area (Å²) in [4.78, 5) is 11.2. The van der Waals surface area contributed by atoms with E-state index in [2.05, 4.69) is 0 Å². The lowest BCUT2D eigenvalue weighted by molar-refractivity contribution is -0.151. The van der Waals surface area contributed by atoms with Gasteiger partial charge in [-0.1, -0.05) is 0 Å². The molecule has 0 saturated carbocycles. The summed E-state index contributed by atoms with van der Waals surface area (Å²) in [6.45, 7) is 4.93. The van der Waals surface area contributed by atoms with Crippen molar-refractivity contribution in [3.63, 3.8) is 0 Å². The number of carbonyl (C=O) groups is 1. The summed E-state index contributed by atoms with van der Waals surface area (Å²) in [6.07, 6.45) is 2.14. The van der Waals surface area contributed by atoms with Gasteiger partial charge in [0, 0.05) is 6.61 Å². The highest BCUT2D eigenvalue weighted by Gasteiger charge is 2.28.